The van der Waals surface area contributed by atoms with E-state index in [9.17, 15) is 13.2 Å². The van der Waals surface area contributed by atoms with Crippen LogP contribution >= 0.6 is 12.4 Å². The Morgan fingerprint density at radius 3 is 2.33 bits per heavy atom. The van der Waals surface area contributed by atoms with Gasteiger partial charge in [-0.2, -0.15) is 13.2 Å². The van der Waals surface area contributed by atoms with E-state index in [4.69, 9.17) is 5.41 Å². The van der Waals surface area contributed by atoms with E-state index in [2.05, 4.69) is 5.32 Å². The quantitative estimate of drug-likeness (QED) is 0.619. The van der Waals surface area contributed by atoms with Gasteiger partial charge in [-0.25, -0.2) is 0 Å². The monoisotopic (exact) mass is 202 g/mol. The maximum atomic E-state index is 12.0. The fourth-order valence-electron chi connectivity index (χ4n) is 1.03. The minimum absolute atomic E-state index is 0. The van der Waals surface area contributed by atoms with Crippen LogP contribution < -0.4 is 5.32 Å². The van der Waals surface area contributed by atoms with E-state index < -0.39 is 12.1 Å². The lowest BCUT2D eigenvalue weighted by Crippen LogP contribution is -2.41. The number of halogens is 4. The molecule has 12 heavy (non-hydrogen) atoms. The van der Waals surface area contributed by atoms with Crippen LogP contribution in [0.15, 0.2) is 0 Å². The second kappa shape index (κ2) is 3.98. The summed E-state index contributed by atoms with van der Waals surface area (Å²) in [7, 11) is 0. The van der Waals surface area contributed by atoms with Crippen LogP contribution in [0.1, 0.15) is 12.8 Å². The molecule has 0 aromatic heterocycles. The van der Waals surface area contributed by atoms with Crippen molar-refractivity contribution < 1.29 is 13.2 Å². The van der Waals surface area contributed by atoms with Crippen molar-refractivity contribution in [1.82, 2.24) is 5.32 Å². The first-order valence-electron chi connectivity index (χ1n) is 3.38. The maximum absolute atomic E-state index is 12.0. The largest absolute Gasteiger partial charge is 0.393 e. The Balaban J connectivity index is 0.00000121. The normalized spacial score (nSPS) is 24.2. The van der Waals surface area contributed by atoms with Crippen molar-refractivity contribution in [3.63, 3.8) is 0 Å². The minimum Gasteiger partial charge on any atom is -0.373 e. The van der Waals surface area contributed by atoms with Gasteiger partial charge in [-0.15, -0.1) is 12.4 Å². The lowest BCUT2D eigenvalue weighted by molar-refractivity contribution is -0.175. The number of rotatable bonds is 0. The molecule has 1 aliphatic heterocycles. The van der Waals surface area contributed by atoms with Gasteiger partial charge in [-0.3, -0.25) is 5.41 Å². The molecule has 0 aromatic rings. The van der Waals surface area contributed by atoms with Crippen LogP contribution in [0.25, 0.3) is 0 Å². The van der Waals surface area contributed by atoms with Gasteiger partial charge in [0.1, 0.15) is 0 Å². The Hall–Kier alpha value is -0.450. The molecule has 2 N–H and O–H groups in total. The van der Waals surface area contributed by atoms with Crippen molar-refractivity contribution in [2.45, 2.75) is 19.0 Å². The first kappa shape index (κ1) is 11.6. The van der Waals surface area contributed by atoms with Gasteiger partial charge in [-0.1, -0.05) is 0 Å². The molecule has 1 atom stereocenters. The van der Waals surface area contributed by atoms with Crippen molar-refractivity contribution in [3.8, 4) is 0 Å². The number of alkyl halides is 3. The summed E-state index contributed by atoms with van der Waals surface area (Å²) in [6.07, 6.45) is -3.84. The van der Waals surface area contributed by atoms with E-state index in [1.54, 1.807) is 0 Å². The molecule has 1 fully saturated rings. The SMILES string of the molecule is Cl.N=C1CCC(C(F)(F)F)CN1. The maximum Gasteiger partial charge on any atom is 0.393 e. The fraction of sp³-hybridized carbons (Fsp3) is 0.833. The molecule has 0 saturated carbocycles. The standard InChI is InChI=1S/C6H9F3N2.ClH/c7-6(8,9)4-1-2-5(10)11-3-4;/h4H,1-3H2,(H2,10,11);1H. The van der Waals surface area contributed by atoms with Crippen molar-refractivity contribution in [3.05, 3.63) is 0 Å². The van der Waals surface area contributed by atoms with Crippen molar-refractivity contribution in [2.24, 2.45) is 5.92 Å². The molecular formula is C6H10ClF3N2. The van der Waals surface area contributed by atoms with Crippen LogP contribution in [-0.4, -0.2) is 18.6 Å². The predicted molar refractivity (Wildman–Crippen MR) is 41.8 cm³/mol. The molecule has 0 aromatic carbocycles. The lowest BCUT2D eigenvalue weighted by atomic mass is 9.99. The second-order valence-electron chi connectivity index (χ2n) is 2.64. The number of amidine groups is 1. The van der Waals surface area contributed by atoms with Gasteiger partial charge in [-0.05, 0) is 6.42 Å². The summed E-state index contributed by atoms with van der Waals surface area (Å²) < 4.78 is 35.9. The lowest BCUT2D eigenvalue weighted by Gasteiger charge is -2.25. The van der Waals surface area contributed by atoms with E-state index in [1.165, 1.54) is 0 Å². The molecule has 6 heteroatoms. The molecule has 1 heterocycles. The molecule has 1 saturated heterocycles. The molecule has 0 radical (unpaired) electrons. The summed E-state index contributed by atoms with van der Waals surface area (Å²) in [6.45, 7) is -0.137. The number of hydrogen-bond donors (Lipinski definition) is 2. The summed E-state index contributed by atoms with van der Waals surface area (Å²) >= 11 is 0. The third kappa shape index (κ3) is 2.89. The van der Waals surface area contributed by atoms with Crippen LogP contribution in [0.2, 0.25) is 0 Å². The molecule has 72 valence electrons. The Labute approximate surface area is 74.4 Å². The number of piperidine rings is 1. The molecule has 2 nitrogen and oxygen atoms in total. The summed E-state index contributed by atoms with van der Waals surface area (Å²) in [5, 5.41) is 9.41. The van der Waals surface area contributed by atoms with Gasteiger partial charge in [0.15, 0.2) is 0 Å². The predicted octanol–water partition coefficient (Wildman–Crippen LogP) is 1.95. The van der Waals surface area contributed by atoms with Crippen molar-refractivity contribution >= 4 is 18.2 Å². The van der Waals surface area contributed by atoms with Gasteiger partial charge in [0, 0.05) is 13.0 Å². The van der Waals surface area contributed by atoms with Crippen LogP contribution in [0.3, 0.4) is 0 Å². The van der Waals surface area contributed by atoms with E-state index in [0.717, 1.165) is 0 Å². The summed E-state index contributed by atoms with van der Waals surface area (Å²) in [6, 6.07) is 0. The number of hydrogen-bond acceptors (Lipinski definition) is 1. The highest BCUT2D eigenvalue weighted by Gasteiger charge is 2.40. The van der Waals surface area contributed by atoms with Gasteiger partial charge < -0.3 is 5.32 Å². The molecule has 0 bridgehead atoms. The smallest absolute Gasteiger partial charge is 0.373 e. The highest BCUT2D eigenvalue weighted by atomic mass is 35.5. The molecular weight excluding hydrogens is 193 g/mol. The topological polar surface area (TPSA) is 35.9 Å². The van der Waals surface area contributed by atoms with Gasteiger partial charge in [0.2, 0.25) is 0 Å². The van der Waals surface area contributed by atoms with Crippen LogP contribution in [0.4, 0.5) is 13.2 Å². The minimum atomic E-state index is -4.10. The molecule has 1 aliphatic rings. The second-order valence-corrected chi connectivity index (χ2v) is 2.64. The summed E-state index contributed by atoms with van der Waals surface area (Å²) in [4.78, 5) is 0. The zero-order valence-corrected chi connectivity index (χ0v) is 7.06. The van der Waals surface area contributed by atoms with Gasteiger partial charge in [0.05, 0.1) is 11.8 Å². The van der Waals surface area contributed by atoms with Crippen LogP contribution in [0, 0.1) is 11.3 Å². The summed E-state index contributed by atoms with van der Waals surface area (Å²) in [5.74, 6) is -1.05. The molecule has 0 amide bonds. The Morgan fingerprint density at radius 2 is 2.00 bits per heavy atom. The molecule has 1 unspecified atom stereocenters. The fourth-order valence-corrected chi connectivity index (χ4v) is 1.03. The zero-order valence-electron chi connectivity index (χ0n) is 6.24. The molecule has 0 spiro atoms. The Morgan fingerprint density at radius 1 is 1.42 bits per heavy atom. The van der Waals surface area contributed by atoms with Gasteiger partial charge in [0.25, 0.3) is 0 Å². The van der Waals surface area contributed by atoms with Crippen LogP contribution in [-0.2, 0) is 0 Å². The van der Waals surface area contributed by atoms with Crippen molar-refractivity contribution in [1.29, 1.82) is 5.41 Å². The Kier molecular flexibility index (Phi) is 3.83. The highest BCUT2D eigenvalue weighted by Crippen LogP contribution is 2.30. The average Bonchev–Trinajstić information content (AvgIpc) is 1.86. The third-order valence-electron chi connectivity index (χ3n) is 1.77. The van der Waals surface area contributed by atoms with Crippen molar-refractivity contribution in [2.75, 3.05) is 6.54 Å². The van der Waals surface area contributed by atoms with Crippen LogP contribution in [0.5, 0.6) is 0 Å². The average molecular weight is 203 g/mol. The molecule has 1 rings (SSSR count). The summed E-state index contributed by atoms with van der Waals surface area (Å²) in [5.41, 5.74) is 0. The highest BCUT2D eigenvalue weighted by molar-refractivity contribution is 5.85. The van der Waals surface area contributed by atoms with E-state index in [0.29, 0.717) is 0 Å². The third-order valence-corrected chi connectivity index (χ3v) is 1.77. The Bertz CT molecular complexity index is 159. The van der Waals surface area contributed by atoms with E-state index in [-0.39, 0.29) is 37.6 Å². The van der Waals surface area contributed by atoms with E-state index in [1.807, 2.05) is 0 Å². The first-order valence-corrected chi connectivity index (χ1v) is 3.38. The number of nitrogens with one attached hydrogen (secondary N) is 2. The molecule has 0 aliphatic carbocycles. The zero-order chi connectivity index (χ0) is 8.48. The first-order chi connectivity index (χ1) is 5.00. The van der Waals surface area contributed by atoms with E-state index >= 15 is 0 Å². The van der Waals surface area contributed by atoms with Gasteiger partial charge >= 0.3 is 6.18 Å².